The van der Waals surface area contributed by atoms with Gasteiger partial charge in [-0.1, -0.05) is 48.5 Å². The molecule has 178 valence electrons. The lowest BCUT2D eigenvalue weighted by Crippen LogP contribution is -1.93. The number of nitriles is 4. The molecule has 2 aromatic heterocycles. The van der Waals surface area contributed by atoms with Crippen LogP contribution in [0.1, 0.15) is 11.1 Å². The minimum absolute atomic E-state index is 0.0520. The Hall–Kier alpha value is -5.82. The van der Waals surface area contributed by atoms with E-state index >= 15 is 0 Å². The van der Waals surface area contributed by atoms with Gasteiger partial charge in [-0.25, -0.2) is 0 Å². The average Bonchev–Trinajstić information content (AvgIpc) is 3.42. The number of hydrogen-bond acceptors (Lipinski definition) is 4. The van der Waals surface area contributed by atoms with Gasteiger partial charge < -0.3 is 9.13 Å². The van der Waals surface area contributed by atoms with E-state index in [0.29, 0.717) is 0 Å². The van der Waals surface area contributed by atoms with E-state index in [2.05, 4.69) is 16.7 Å². The number of hydrogen-bond donors (Lipinski definition) is 0. The minimum Gasteiger partial charge on any atom is -0.350 e. The van der Waals surface area contributed by atoms with E-state index in [4.69, 9.17) is 0 Å². The van der Waals surface area contributed by atoms with Gasteiger partial charge in [-0.15, -0.1) is 0 Å². The summed E-state index contributed by atoms with van der Waals surface area (Å²) >= 11 is 0. The van der Waals surface area contributed by atoms with E-state index in [1.54, 1.807) is 12.2 Å². The molecular formula is C32H20N6. The molecule has 0 atom stereocenters. The van der Waals surface area contributed by atoms with E-state index in [9.17, 15) is 21.0 Å². The summed E-state index contributed by atoms with van der Waals surface area (Å²) < 4.78 is 4.06. The number of nitrogens with zero attached hydrogens (tertiary/aromatic N) is 6. The Morgan fingerprint density at radius 2 is 1.26 bits per heavy atom. The molecule has 0 fully saturated rings. The summed E-state index contributed by atoms with van der Waals surface area (Å²) in [6, 6.07) is 30.1. The molecule has 0 aliphatic carbocycles. The van der Waals surface area contributed by atoms with E-state index in [1.807, 2.05) is 104 Å². The van der Waals surface area contributed by atoms with E-state index in [1.165, 1.54) is 0 Å². The van der Waals surface area contributed by atoms with Crippen LogP contribution in [0.4, 0.5) is 0 Å². The normalized spacial score (nSPS) is 10.3. The van der Waals surface area contributed by atoms with Gasteiger partial charge in [0.05, 0.1) is 5.69 Å². The van der Waals surface area contributed by atoms with Gasteiger partial charge in [-0.05, 0) is 47.0 Å². The molecule has 0 saturated carbocycles. The van der Waals surface area contributed by atoms with Crippen LogP contribution in [-0.4, -0.2) is 9.13 Å². The molecule has 5 aromatic rings. The Morgan fingerprint density at radius 3 is 1.95 bits per heavy atom. The molecule has 0 N–H and O–H groups in total. The van der Waals surface area contributed by atoms with Gasteiger partial charge >= 0.3 is 0 Å². The summed E-state index contributed by atoms with van der Waals surface area (Å²) in [5.41, 5.74) is 7.69. The number of aromatic nitrogens is 2. The smallest absolute Gasteiger partial charge is 0.130 e. The quantitative estimate of drug-likeness (QED) is 0.257. The highest BCUT2D eigenvalue weighted by Crippen LogP contribution is 2.36. The molecule has 0 aliphatic heterocycles. The highest BCUT2D eigenvalue weighted by molar-refractivity contribution is 5.99. The standard InChI is InChI=1S/C32H20N6/c1-37-20-26(13-21(16-33)17-34)28-15-25(11-12-30(28)37)23-7-9-24(10-8-23)32-29(14-22(18-35)19-36)27-5-3-4-6-31(27)38(32)2/h3-15,20H,1-2H3. The highest BCUT2D eigenvalue weighted by atomic mass is 15.0. The third-order valence-corrected chi connectivity index (χ3v) is 6.73. The fourth-order valence-electron chi connectivity index (χ4n) is 4.93. The lowest BCUT2D eigenvalue weighted by Gasteiger charge is -2.09. The molecule has 6 heteroatoms. The number of allylic oxidation sites excluding steroid dienone is 2. The van der Waals surface area contributed by atoms with Gasteiger partial charge in [0.15, 0.2) is 0 Å². The van der Waals surface area contributed by atoms with Crippen LogP contribution < -0.4 is 0 Å². The van der Waals surface area contributed by atoms with Gasteiger partial charge in [0.2, 0.25) is 0 Å². The summed E-state index contributed by atoms with van der Waals surface area (Å²) in [5.74, 6) is 0. The van der Waals surface area contributed by atoms with Crippen LogP contribution >= 0.6 is 0 Å². The first-order chi connectivity index (χ1) is 18.5. The van der Waals surface area contributed by atoms with E-state index < -0.39 is 0 Å². The monoisotopic (exact) mass is 488 g/mol. The molecule has 3 aromatic carbocycles. The number of fused-ring (bicyclic) bond motifs is 2. The predicted molar refractivity (Wildman–Crippen MR) is 149 cm³/mol. The maximum absolute atomic E-state index is 9.38. The molecule has 0 aliphatic rings. The van der Waals surface area contributed by atoms with Crippen molar-refractivity contribution in [3.63, 3.8) is 0 Å². The molecule has 38 heavy (non-hydrogen) atoms. The van der Waals surface area contributed by atoms with Crippen LogP contribution in [0.25, 0.3) is 56.3 Å². The summed E-state index contributed by atoms with van der Waals surface area (Å²) in [4.78, 5) is 0. The average molecular weight is 489 g/mol. The summed E-state index contributed by atoms with van der Waals surface area (Å²) in [5, 5.41) is 39.1. The Labute approximate surface area is 220 Å². The minimum atomic E-state index is 0.0520. The van der Waals surface area contributed by atoms with Crippen molar-refractivity contribution in [3.05, 3.63) is 95.2 Å². The molecule has 2 heterocycles. The summed E-state index contributed by atoms with van der Waals surface area (Å²) in [6.45, 7) is 0. The maximum atomic E-state index is 9.38. The Bertz CT molecular complexity index is 1940. The first-order valence-corrected chi connectivity index (χ1v) is 11.8. The molecule has 0 saturated heterocycles. The fourth-order valence-corrected chi connectivity index (χ4v) is 4.93. The molecular weight excluding hydrogens is 468 g/mol. The molecule has 0 spiro atoms. The van der Waals surface area contributed by atoms with Gasteiger partial charge in [-0.3, -0.25) is 0 Å². The van der Waals surface area contributed by atoms with Crippen molar-refractivity contribution in [3.8, 4) is 46.7 Å². The Balaban J connectivity index is 1.62. The first kappa shape index (κ1) is 23.9. The van der Waals surface area contributed by atoms with Crippen LogP contribution in [0.3, 0.4) is 0 Å². The van der Waals surface area contributed by atoms with Crippen molar-refractivity contribution < 1.29 is 0 Å². The lowest BCUT2D eigenvalue weighted by molar-refractivity contribution is 0.968. The SMILES string of the molecule is Cn1cc(C=C(C#N)C#N)c2cc(-c3ccc(-c4c(C=C(C#N)C#N)c5ccccc5n4C)cc3)ccc21. The topological polar surface area (TPSA) is 105 Å². The second kappa shape index (κ2) is 9.67. The summed E-state index contributed by atoms with van der Waals surface area (Å²) in [7, 11) is 3.92. The van der Waals surface area contributed by atoms with Crippen LogP contribution in [0.2, 0.25) is 0 Å². The zero-order valence-electron chi connectivity index (χ0n) is 20.8. The number of rotatable bonds is 4. The van der Waals surface area contributed by atoms with Crippen molar-refractivity contribution in [2.24, 2.45) is 14.1 Å². The third kappa shape index (κ3) is 4.00. The molecule has 0 amide bonds. The van der Waals surface area contributed by atoms with E-state index in [0.717, 1.165) is 55.3 Å². The summed E-state index contributed by atoms with van der Waals surface area (Å²) in [6.07, 6.45) is 5.18. The molecule has 0 bridgehead atoms. The number of para-hydroxylation sites is 1. The van der Waals surface area contributed by atoms with Gasteiger partial charge in [-0.2, -0.15) is 21.0 Å². The maximum Gasteiger partial charge on any atom is 0.130 e. The Morgan fingerprint density at radius 1 is 0.658 bits per heavy atom. The van der Waals surface area contributed by atoms with Crippen molar-refractivity contribution >= 4 is 34.0 Å². The van der Waals surface area contributed by atoms with Crippen molar-refractivity contribution in [2.75, 3.05) is 0 Å². The van der Waals surface area contributed by atoms with Gasteiger partial charge in [0.1, 0.15) is 35.4 Å². The van der Waals surface area contributed by atoms with Gasteiger partial charge in [0, 0.05) is 53.2 Å². The van der Waals surface area contributed by atoms with E-state index in [-0.39, 0.29) is 11.1 Å². The van der Waals surface area contributed by atoms with Crippen molar-refractivity contribution in [1.82, 2.24) is 9.13 Å². The molecule has 5 rings (SSSR count). The van der Waals surface area contributed by atoms with Crippen molar-refractivity contribution in [2.45, 2.75) is 0 Å². The zero-order chi connectivity index (χ0) is 26.8. The fraction of sp³-hybridized carbons (Fsp3) is 0.0625. The largest absolute Gasteiger partial charge is 0.350 e. The van der Waals surface area contributed by atoms with Crippen LogP contribution in [-0.2, 0) is 14.1 Å². The number of benzene rings is 3. The van der Waals surface area contributed by atoms with Gasteiger partial charge in [0.25, 0.3) is 0 Å². The number of aryl methyl sites for hydroxylation is 2. The lowest BCUT2D eigenvalue weighted by atomic mass is 9.98. The Kier molecular flexibility index (Phi) is 6.08. The predicted octanol–water partition coefficient (Wildman–Crippen LogP) is 6.87. The van der Waals surface area contributed by atoms with Crippen LogP contribution in [0.15, 0.2) is 84.1 Å². The highest BCUT2D eigenvalue weighted by Gasteiger charge is 2.16. The molecule has 6 nitrogen and oxygen atoms in total. The van der Waals surface area contributed by atoms with Crippen molar-refractivity contribution in [1.29, 1.82) is 21.0 Å². The zero-order valence-corrected chi connectivity index (χ0v) is 20.8. The molecule has 0 unspecified atom stereocenters. The van der Waals surface area contributed by atoms with Crippen LogP contribution in [0.5, 0.6) is 0 Å². The second-order valence-electron chi connectivity index (χ2n) is 8.91. The second-order valence-corrected chi connectivity index (χ2v) is 8.91. The third-order valence-electron chi connectivity index (χ3n) is 6.73. The van der Waals surface area contributed by atoms with Crippen LogP contribution in [0, 0.1) is 45.3 Å². The molecule has 0 radical (unpaired) electrons. The first-order valence-electron chi connectivity index (χ1n) is 11.8.